The lowest BCUT2D eigenvalue weighted by Gasteiger charge is -2.22. The Morgan fingerprint density at radius 2 is 1.86 bits per heavy atom. The molecule has 2 amide bonds. The topological polar surface area (TPSA) is 122 Å². The van der Waals surface area contributed by atoms with E-state index in [1.165, 1.54) is 13.5 Å². The van der Waals surface area contributed by atoms with Gasteiger partial charge in [-0.1, -0.05) is 31.2 Å². The summed E-state index contributed by atoms with van der Waals surface area (Å²) in [6.45, 7) is 7.31. The third-order valence-electron chi connectivity index (χ3n) is 6.97. The molecule has 1 aromatic carbocycles. The van der Waals surface area contributed by atoms with Gasteiger partial charge in [0.05, 0.1) is 17.5 Å². The molecule has 0 saturated carbocycles. The molecule has 1 fully saturated rings. The lowest BCUT2D eigenvalue weighted by molar-refractivity contribution is -0.120. The number of pyridine rings is 2. The normalized spacial score (nSPS) is 15.8. The Morgan fingerprint density at radius 3 is 2.53 bits per heavy atom. The Bertz CT molecular complexity index is 1330. The first kappa shape index (κ1) is 25.4. The van der Waals surface area contributed by atoms with Crippen LogP contribution in [0.4, 0.5) is 5.82 Å². The van der Waals surface area contributed by atoms with Gasteiger partial charge >= 0.3 is 0 Å². The summed E-state index contributed by atoms with van der Waals surface area (Å²) in [6, 6.07) is 11.6. The van der Waals surface area contributed by atoms with E-state index in [4.69, 9.17) is 10.7 Å². The SMILES string of the molecule is CCN1CCC[C@H]1CNC(=O)Cc1ccc(-c2ccc3c(=O)c(C(=O)NC)c(N)n(CC)c3n2)cc1. The molecule has 4 rings (SSSR count). The number of aromatic nitrogens is 2. The van der Waals surface area contributed by atoms with Crippen molar-refractivity contribution in [2.45, 2.75) is 45.7 Å². The van der Waals surface area contributed by atoms with E-state index >= 15 is 0 Å². The number of nitrogens with one attached hydrogen (secondary N) is 2. The average molecular weight is 491 g/mol. The van der Waals surface area contributed by atoms with Crippen molar-refractivity contribution >= 4 is 28.7 Å². The maximum Gasteiger partial charge on any atom is 0.258 e. The lowest BCUT2D eigenvalue weighted by atomic mass is 10.0. The number of fused-ring (bicyclic) bond motifs is 1. The number of carbonyl (C=O) groups excluding carboxylic acids is 2. The zero-order chi connectivity index (χ0) is 25.8. The Labute approximate surface area is 210 Å². The largest absolute Gasteiger partial charge is 0.384 e. The summed E-state index contributed by atoms with van der Waals surface area (Å²) < 4.78 is 1.67. The van der Waals surface area contributed by atoms with E-state index < -0.39 is 11.3 Å². The maximum atomic E-state index is 13.0. The number of nitrogens with zero attached hydrogens (tertiary/aromatic N) is 3. The van der Waals surface area contributed by atoms with E-state index in [9.17, 15) is 14.4 Å². The summed E-state index contributed by atoms with van der Waals surface area (Å²) in [5, 5.41) is 5.89. The van der Waals surface area contributed by atoms with Gasteiger partial charge < -0.3 is 20.9 Å². The molecule has 190 valence electrons. The highest BCUT2D eigenvalue weighted by atomic mass is 16.2. The van der Waals surface area contributed by atoms with Crippen LogP contribution >= 0.6 is 0 Å². The van der Waals surface area contributed by atoms with Crippen LogP contribution in [0, 0.1) is 0 Å². The fourth-order valence-electron chi connectivity index (χ4n) is 4.97. The van der Waals surface area contributed by atoms with Gasteiger partial charge in [-0.25, -0.2) is 4.98 Å². The number of anilines is 1. The Kier molecular flexibility index (Phi) is 7.69. The van der Waals surface area contributed by atoms with Gasteiger partial charge in [-0.2, -0.15) is 0 Å². The van der Waals surface area contributed by atoms with E-state index in [0.717, 1.165) is 30.6 Å². The number of aryl methyl sites for hydroxylation is 1. The van der Waals surface area contributed by atoms with Crippen LogP contribution in [-0.2, 0) is 17.8 Å². The van der Waals surface area contributed by atoms with E-state index in [-0.39, 0.29) is 17.3 Å². The van der Waals surface area contributed by atoms with Crippen molar-refractivity contribution in [1.29, 1.82) is 0 Å². The number of likely N-dealkylation sites (N-methyl/N-ethyl adjacent to an activating group) is 1. The second kappa shape index (κ2) is 10.9. The quantitative estimate of drug-likeness (QED) is 0.445. The molecular formula is C27H34N6O3. The minimum Gasteiger partial charge on any atom is -0.384 e. The standard InChI is InChI=1S/C27H34N6O3/c1-4-32-14-6-7-19(32)16-30-22(34)15-17-8-10-18(11-9-17)21-13-12-20-24(35)23(27(36)29-3)25(28)33(5-2)26(20)31-21/h8-13,19H,4-7,14-16,28H2,1-3H3,(H,29,36)(H,30,34)/t19-/m0/s1. The number of benzene rings is 1. The van der Waals surface area contributed by atoms with Crippen molar-refractivity contribution < 1.29 is 9.59 Å². The third-order valence-corrected chi connectivity index (χ3v) is 6.97. The van der Waals surface area contributed by atoms with E-state index in [2.05, 4.69) is 22.5 Å². The highest BCUT2D eigenvalue weighted by Gasteiger charge is 2.23. The number of carbonyl (C=O) groups is 2. The molecule has 0 radical (unpaired) electrons. The minimum absolute atomic E-state index is 0.0175. The molecule has 1 saturated heterocycles. The molecule has 9 nitrogen and oxygen atoms in total. The van der Waals surface area contributed by atoms with E-state index in [1.54, 1.807) is 16.7 Å². The van der Waals surface area contributed by atoms with Gasteiger partial charge in [-0.05, 0) is 50.6 Å². The molecule has 9 heteroatoms. The molecule has 3 heterocycles. The number of hydrogen-bond acceptors (Lipinski definition) is 6. The van der Waals surface area contributed by atoms with Gasteiger partial charge in [-0.15, -0.1) is 0 Å². The highest BCUT2D eigenvalue weighted by Crippen LogP contribution is 2.23. The lowest BCUT2D eigenvalue weighted by Crippen LogP contribution is -2.40. The molecule has 4 N–H and O–H groups in total. The zero-order valence-corrected chi connectivity index (χ0v) is 21.1. The molecule has 1 atom stereocenters. The van der Waals surface area contributed by atoms with E-state index in [1.807, 2.05) is 31.2 Å². The molecule has 0 aliphatic carbocycles. The first-order chi connectivity index (χ1) is 17.4. The van der Waals surface area contributed by atoms with Crippen LogP contribution in [0.5, 0.6) is 0 Å². The van der Waals surface area contributed by atoms with Gasteiger partial charge in [0, 0.05) is 31.7 Å². The smallest absolute Gasteiger partial charge is 0.258 e. The molecule has 0 bridgehead atoms. The highest BCUT2D eigenvalue weighted by molar-refractivity contribution is 6.01. The first-order valence-electron chi connectivity index (χ1n) is 12.5. The van der Waals surface area contributed by atoms with Crippen molar-refractivity contribution in [3.05, 3.63) is 57.7 Å². The van der Waals surface area contributed by atoms with Gasteiger partial charge in [-0.3, -0.25) is 19.3 Å². The van der Waals surface area contributed by atoms with Crippen molar-refractivity contribution in [1.82, 2.24) is 25.1 Å². The van der Waals surface area contributed by atoms with Crippen LogP contribution < -0.4 is 21.8 Å². The summed E-state index contributed by atoms with van der Waals surface area (Å²) in [6.07, 6.45) is 2.64. The van der Waals surface area contributed by atoms with Crippen LogP contribution in [0.25, 0.3) is 22.3 Å². The first-order valence-corrected chi connectivity index (χ1v) is 12.5. The number of likely N-dealkylation sites (tertiary alicyclic amines) is 1. The maximum absolute atomic E-state index is 13.0. The molecule has 36 heavy (non-hydrogen) atoms. The molecule has 0 unspecified atom stereocenters. The number of hydrogen-bond donors (Lipinski definition) is 3. The van der Waals surface area contributed by atoms with E-state index in [0.29, 0.717) is 42.3 Å². The molecule has 2 aromatic heterocycles. The van der Waals surface area contributed by atoms with Crippen molar-refractivity contribution in [3.8, 4) is 11.3 Å². The molecule has 1 aliphatic rings. The fourth-order valence-corrected chi connectivity index (χ4v) is 4.97. The number of amides is 2. The second-order valence-corrected chi connectivity index (χ2v) is 9.08. The van der Waals surface area contributed by atoms with Gasteiger partial charge in [0.15, 0.2) is 0 Å². The number of nitrogens with two attached hydrogens (primary N) is 1. The third kappa shape index (κ3) is 4.97. The Balaban J connectivity index is 1.52. The molecular weight excluding hydrogens is 456 g/mol. The summed E-state index contributed by atoms with van der Waals surface area (Å²) >= 11 is 0. The Morgan fingerprint density at radius 1 is 1.11 bits per heavy atom. The van der Waals surface area contributed by atoms with Crippen LogP contribution in [0.15, 0.2) is 41.2 Å². The van der Waals surface area contributed by atoms with Crippen LogP contribution in [0.2, 0.25) is 0 Å². The fraction of sp³-hybridized carbons (Fsp3) is 0.407. The van der Waals surface area contributed by atoms with Gasteiger partial charge in [0.2, 0.25) is 11.3 Å². The summed E-state index contributed by atoms with van der Waals surface area (Å²) in [4.78, 5) is 44.8. The van der Waals surface area contributed by atoms with Gasteiger partial charge in [0.1, 0.15) is 17.0 Å². The summed E-state index contributed by atoms with van der Waals surface area (Å²) in [5.74, 6) is -0.403. The van der Waals surface area contributed by atoms with Gasteiger partial charge in [0.25, 0.3) is 5.91 Å². The molecule has 3 aromatic rings. The van der Waals surface area contributed by atoms with Crippen molar-refractivity contribution in [2.75, 3.05) is 32.4 Å². The monoisotopic (exact) mass is 490 g/mol. The predicted molar refractivity (Wildman–Crippen MR) is 142 cm³/mol. The van der Waals surface area contributed by atoms with Crippen molar-refractivity contribution in [3.63, 3.8) is 0 Å². The van der Waals surface area contributed by atoms with Crippen molar-refractivity contribution in [2.24, 2.45) is 0 Å². The summed E-state index contributed by atoms with van der Waals surface area (Å²) in [5.41, 5.74) is 8.57. The predicted octanol–water partition coefficient (Wildman–Crippen LogP) is 2.17. The minimum atomic E-state index is -0.517. The second-order valence-electron chi connectivity index (χ2n) is 9.08. The summed E-state index contributed by atoms with van der Waals surface area (Å²) in [7, 11) is 1.46. The number of rotatable bonds is 8. The average Bonchev–Trinajstić information content (AvgIpc) is 3.35. The Hall–Kier alpha value is -3.72. The van der Waals surface area contributed by atoms with Crippen LogP contribution in [-0.4, -0.2) is 59.0 Å². The molecule has 0 spiro atoms. The number of nitrogen functional groups attached to an aromatic ring is 1. The zero-order valence-electron chi connectivity index (χ0n) is 21.1. The van der Waals surface area contributed by atoms with Crippen LogP contribution in [0.1, 0.15) is 42.6 Å². The van der Waals surface area contributed by atoms with Crippen LogP contribution in [0.3, 0.4) is 0 Å². The molecule has 1 aliphatic heterocycles.